The van der Waals surface area contributed by atoms with E-state index in [2.05, 4.69) is 154 Å². The van der Waals surface area contributed by atoms with Crippen molar-refractivity contribution in [2.45, 2.75) is 14.7 Å². The van der Waals surface area contributed by atoms with Gasteiger partial charge in [-0.3, -0.25) is 8.61 Å². The molecule has 0 saturated carbocycles. The van der Waals surface area contributed by atoms with Crippen LogP contribution in [0.1, 0.15) is 0 Å². The van der Waals surface area contributed by atoms with Crippen molar-refractivity contribution < 1.29 is 14.2 Å². The van der Waals surface area contributed by atoms with E-state index in [-0.39, 0.29) is 20.1 Å². The van der Waals surface area contributed by atoms with Gasteiger partial charge in [-0.05, 0) is 141 Å². The molecular weight excluding hydrogens is 847 g/mol. The van der Waals surface area contributed by atoms with Crippen LogP contribution in [0.3, 0.4) is 0 Å². The van der Waals surface area contributed by atoms with Crippen LogP contribution in [0.15, 0.2) is 124 Å². The summed E-state index contributed by atoms with van der Waals surface area (Å²) in [5.41, 5.74) is 18.1. The van der Waals surface area contributed by atoms with Gasteiger partial charge in [0.2, 0.25) is 0 Å². The predicted octanol–water partition coefficient (Wildman–Crippen LogP) is 7.23. The number of fused-ring (bicyclic) bond motifs is 12. The second-order valence-electron chi connectivity index (χ2n) is 15.9. The molecule has 14 heteroatoms. The summed E-state index contributed by atoms with van der Waals surface area (Å²) < 4.78 is 25.3. The highest BCUT2D eigenvalue weighted by molar-refractivity contribution is 8.01. The first-order valence-corrected chi connectivity index (χ1v) is 26.2. The van der Waals surface area contributed by atoms with Gasteiger partial charge in [0.15, 0.2) is 0 Å². The Morgan fingerprint density at radius 3 is 1.49 bits per heavy atom. The van der Waals surface area contributed by atoms with E-state index in [0.29, 0.717) is 0 Å². The summed E-state index contributed by atoms with van der Waals surface area (Å²) in [4.78, 5) is 3.53. The van der Waals surface area contributed by atoms with Crippen molar-refractivity contribution in [2.75, 3.05) is 45.2 Å². The molecule has 0 amide bonds. The van der Waals surface area contributed by atoms with Gasteiger partial charge in [-0.25, -0.2) is 0 Å². The average Bonchev–Trinajstić information content (AvgIpc) is 3.29. The number of benzene rings is 7. The molecule has 294 valence electrons. The number of hydrogen-bond acceptors (Lipinski definition) is 11. The third-order valence-corrected chi connectivity index (χ3v) is 16.7. The summed E-state index contributed by atoms with van der Waals surface area (Å²) in [7, 11) is 0. The molecule has 13 rings (SSSR count). The molecule has 7 aromatic rings. The summed E-state index contributed by atoms with van der Waals surface area (Å²) in [6, 6.07) is 40.5. The molecule has 0 spiro atoms. The van der Waals surface area contributed by atoms with Gasteiger partial charge in [0, 0.05) is 55.8 Å². The summed E-state index contributed by atoms with van der Waals surface area (Å²) in [6.07, 6.45) is 10.8. The molecule has 0 unspecified atom stereocenters. The fraction of sp³-hybridized carbons (Fsp3) is 0.106. The molecule has 6 aliphatic heterocycles. The molecule has 61 heavy (non-hydrogen) atoms. The summed E-state index contributed by atoms with van der Waals surface area (Å²) >= 11 is 8.77. The highest BCUT2D eigenvalue weighted by atomic mass is 32.2. The molecule has 0 atom stereocenters. The Hall–Kier alpha value is -4.72. The van der Waals surface area contributed by atoms with E-state index in [9.17, 15) is 0 Å². The maximum absolute atomic E-state index is 7.02. The fourth-order valence-electron chi connectivity index (χ4n) is 10.6. The molecule has 0 aliphatic carbocycles. The van der Waals surface area contributed by atoms with E-state index >= 15 is 0 Å². The van der Waals surface area contributed by atoms with Crippen LogP contribution in [0.25, 0.3) is 0 Å². The van der Waals surface area contributed by atoms with Gasteiger partial charge < -0.3 is 19.5 Å². The lowest BCUT2D eigenvalue weighted by Gasteiger charge is -2.44. The van der Waals surface area contributed by atoms with Crippen LogP contribution in [-0.2, 0) is 0 Å². The van der Waals surface area contributed by atoms with Crippen molar-refractivity contribution in [3.63, 3.8) is 0 Å². The lowest BCUT2D eigenvalue weighted by atomic mass is 9.29. The number of thioether (sulfide) groups is 3. The van der Waals surface area contributed by atoms with Gasteiger partial charge in [-0.15, -0.1) is 35.3 Å². The molecule has 7 aromatic carbocycles. The Kier molecular flexibility index (Phi) is 8.25. The summed E-state index contributed by atoms with van der Waals surface area (Å²) in [5, 5.41) is 3.94. The highest BCUT2D eigenvalue weighted by Gasteiger charge is 2.48. The number of nitrogens with zero attached hydrogens (tertiary/aromatic N) is 2. The number of anilines is 6. The zero-order chi connectivity index (χ0) is 40.8. The molecule has 6 heterocycles. The van der Waals surface area contributed by atoms with Crippen LogP contribution in [0.5, 0.6) is 34.5 Å². The molecule has 6 nitrogen and oxygen atoms in total. The first-order valence-electron chi connectivity index (χ1n) is 20.2. The summed E-state index contributed by atoms with van der Waals surface area (Å²) in [6.45, 7) is -0.0731. The normalized spacial score (nSPS) is 14.7. The van der Waals surface area contributed by atoms with Crippen LogP contribution in [-0.4, -0.2) is 51.4 Å². The standard InChI is InChI=1S/C47H34B3N3O3S5/c1-57-24-14-34-45-42(17-24)54-39-12-8-6-10-27(39)48(45)29-20-30-35(22-33(29)51-34)52(60-4)37-15-25(58-2)16-38-46(37)50(30)31-21-32-41(23-36(31)53(38)61-5)56-44-19-26(59-3)18-43-47(44)49(32)28-11-7-9-13-40(28)55-43/h6-23,51H,1-5H3. The Morgan fingerprint density at radius 1 is 0.393 bits per heavy atom. The maximum atomic E-state index is 7.02. The average molecular weight is 882 g/mol. The van der Waals surface area contributed by atoms with E-state index in [0.717, 1.165) is 67.4 Å². The van der Waals surface area contributed by atoms with Gasteiger partial charge in [-0.2, -0.15) is 0 Å². The van der Waals surface area contributed by atoms with Crippen LogP contribution in [0.4, 0.5) is 34.1 Å². The van der Waals surface area contributed by atoms with E-state index in [1.807, 2.05) is 0 Å². The summed E-state index contributed by atoms with van der Waals surface area (Å²) in [5.74, 6) is 5.38. The van der Waals surface area contributed by atoms with Gasteiger partial charge in [0.25, 0.3) is 20.1 Å². The Morgan fingerprint density at radius 2 is 0.885 bits per heavy atom. The number of hydrogen-bond donors (Lipinski definition) is 1. The van der Waals surface area contributed by atoms with Crippen LogP contribution in [0, 0.1) is 0 Å². The monoisotopic (exact) mass is 881 g/mol. The molecule has 0 aromatic heterocycles. The van der Waals surface area contributed by atoms with Gasteiger partial charge >= 0.3 is 0 Å². The quantitative estimate of drug-likeness (QED) is 0.108. The topological polar surface area (TPSA) is 46.2 Å². The third-order valence-electron chi connectivity index (χ3n) is 13.1. The molecule has 0 bridgehead atoms. The molecule has 0 radical (unpaired) electrons. The van der Waals surface area contributed by atoms with Gasteiger partial charge in [-0.1, -0.05) is 48.5 Å². The first-order chi connectivity index (χ1) is 30.0. The van der Waals surface area contributed by atoms with E-state index in [1.54, 1.807) is 59.2 Å². The van der Waals surface area contributed by atoms with Crippen molar-refractivity contribution in [1.82, 2.24) is 0 Å². The maximum Gasteiger partial charge on any atom is 0.260 e. The fourth-order valence-corrected chi connectivity index (χ4v) is 13.4. The van der Waals surface area contributed by atoms with Crippen LogP contribution in [0.2, 0.25) is 0 Å². The highest BCUT2D eigenvalue weighted by Crippen LogP contribution is 2.47. The lowest BCUT2D eigenvalue weighted by molar-refractivity contribution is 0.462. The van der Waals surface area contributed by atoms with Crippen molar-refractivity contribution in [2.24, 2.45) is 0 Å². The van der Waals surface area contributed by atoms with E-state index in [1.165, 1.54) is 65.1 Å². The first kappa shape index (κ1) is 36.9. The second-order valence-corrected chi connectivity index (χ2v) is 20.0. The molecule has 0 saturated heterocycles. The molecule has 1 N–H and O–H groups in total. The van der Waals surface area contributed by atoms with Crippen molar-refractivity contribution in [3.05, 3.63) is 109 Å². The zero-order valence-electron chi connectivity index (χ0n) is 33.8. The molecule has 6 aliphatic rings. The van der Waals surface area contributed by atoms with Crippen molar-refractivity contribution in [1.29, 1.82) is 0 Å². The minimum absolute atomic E-state index is 0.0115. The van der Waals surface area contributed by atoms with Crippen LogP contribution >= 0.6 is 59.2 Å². The minimum atomic E-state index is -0.0436. The number of ether oxygens (including phenoxy) is 3. The van der Waals surface area contributed by atoms with Gasteiger partial charge in [0.05, 0.1) is 17.1 Å². The smallest absolute Gasteiger partial charge is 0.260 e. The van der Waals surface area contributed by atoms with Crippen molar-refractivity contribution in [3.8, 4) is 34.5 Å². The second kappa shape index (κ2) is 13.6. The largest absolute Gasteiger partial charge is 0.458 e. The van der Waals surface area contributed by atoms with E-state index in [4.69, 9.17) is 14.2 Å². The Balaban J connectivity index is 1.09. The zero-order valence-corrected chi connectivity index (χ0v) is 37.9. The SMILES string of the molecule is CSc1cc2c3c(c1)Oc1ccccc1B3c1cc3c(cc1N2)N(SC)c1cc(SC)cc2c1B3c1cc3c(cc1N2SC)Oc1cc(SC)cc2c1B3c1ccccc1O2. The minimum Gasteiger partial charge on any atom is -0.458 e. The predicted molar refractivity (Wildman–Crippen MR) is 269 cm³/mol. The number of nitrogens with one attached hydrogen (secondary N) is 1. The Bertz CT molecular complexity index is 2920. The molecule has 0 fully saturated rings. The number of para-hydroxylation sites is 2. The third kappa shape index (κ3) is 5.11. The lowest BCUT2D eigenvalue weighted by Crippen LogP contribution is -2.65. The van der Waals surface area contributed by atoms with Crippen molar-refractivity contribution >= 4 is 163 Å². The Labute approximate surface area is 377 Å². The number of rotatable bonds is 5. The molecular formula is C47H34B3N3O3S5. The van der Waals surface area contributed by atoms with Gasteiger partial charge in [0.1, 0.15) is 34.5 Å². The van der Waals surface area contributed by atoms with Crippen LogP contribution < -0.4 is 77.3 Å². The van der Waals surface area contributed by atoms with E-state index < -0.39 is 0 Å².